The Morgan fingerprint density at radius 2 is 1.50 bits per heavy atom. The van der Waals surface area contributed by atoms with E-state index in [0.717, 1.165) is 0 Å². The maximum atomic E-state index is 11.3. The SMILES string of the molecule is COCCOCCOCCOc1ccc(N=Nc2ccc([N+](=O)[O-])cc2)cc1C=O. The second-order valence-corrected chi connectivity index (χ2v) is 5.88. The number of nitro benzene ring substituents is 1. The number of hydrogen-bond donors (Lipinski definition) is 0. The number of methoxy groups -OCH3 is 1. The lowest BCUT2D eigenvalue weighted by atomic mass is 10.2. The number of aldehydes is 1. The Kier molecular flexibility index (Phi) is 10.1. The van der Waals surface area contributed by atoms with E-state index < -0.39 is 4.92 Å². The van der Waals surface area contributed by atoms with Gasteiger partial charge in [0.05, 0.1) is 54.9 Å². The van der Waals surface area contributed by atoms with Crippen molar-refractivity contribution in [2.24, 2.45) is 10.2 Å². The highest BCUT2D eigenvalue weighted by atomic mass is 16.6. The first kappa shape index (κ1) is 23.1. The van der Waals surface area contributed by atoms with Gasteiger partial charge in [-0.2, -0.15) is 10.2 Å². The summed E-state index contributed by atoms with van der Waals surface area (Å²) in [5, 5.41) is 18.7. The van der Waals surface area contributed by atoms with Crippen molar-refractivity contribution in [2.45, 2.75) is 0 Å². The van der Waals surface area contributed by atoms with Gasteiger partial charge in [-0.3, -0.25) is 14.9 Å². The molecule has 0 saturated carbocycles. The number of nitro groups is 1. The van der Waals surface area contributed by atoms with Crippen LogP contribution in [0.3, 0.4) is 0 Å². The van der Waals surface area contributed by atoms with Gasteiger partial charge in [0.2, 0.25) is 0 Å². The van der Waals surface area contributed by atoms with E-state index >= 15 is 0 Å². The monoisotopic (exact) mass is 417 g/mol. The molecule has 0 unspecified atom stereocenters. The summed E-state index contributed by atoms with van der Waals surface area (Å²) in [5.41, 5.74) is 1.21. The van der Waals surface area contributed by atoms with Crippen molar-refractivity contribution in [3.63, 3.8) is 0 Å². The lowest BCUT2D eigenvalue weighted by molar-refractivity contribution is -0.384. The highest BCUT2D eigenvalue weighted by molar-refractivity contribution is 5.81. The first-order valence-electron chi connectivity index (χ1n) is 9.16. The maximum absolute atomic E-state index is 11.3. The molecule has 2 aromatic rings. The summed E-state index contributed by atoms with van der Waals surface area (Å²) in [5.74, 6) is 0.416. The van der Waals surface area contributed by atoms with E-state index in [-0.39, 0.29) is 12.3 Å². The maximum Gasteiger partial charge on any atom is 0.269 e. The molecule has 10 nitrogen and oxygen atoms in total. The third-order valence-electron chi connectivity index (χ3n) is 3.75. The Morgan fingerprint density at radius 1 is 0.900 bits per heavy atom. The predicted octanol–water partition coefficient (Wildman–Crippen LogP) is 3.88. The number of nitrogens with zero attached hydrogens (tertiary/aromatic N) is 3. The van der Waals surface area contributed by atoms with Gasteiger partial charge in [0.1, 0.15) is 12.4 Å². The number of carbonyl (C=O) groups is 1. The van der Waals surface area contributed by atoms with Gasteiger partial charge in [0.15, 0.2) is 6.29 Å². The van der Waals surface area contributed by atoms with Crippen LogP contribution in [0.15, 0.2) is 52.7 Å². The number of ether oxygens (including phenoxy) is 4. The number of azo groups is 1. The van der Waals surface area contributed by atoms with Gasteiger partial charge in [-0.1, -0.05) is 0 Å². The zero-order chi connectivity index (χ0) is 21.6. The molecule has 0 aromatic heterocycles. The lowest BCUT2D eigenvalue weighted by Gasteiger charge is -2.09. The quantitative estimate of drug-likeness (QED) is 0.150. The van der Waals surface area contributed by atoms with Crippen LogP contribution in [0.4, 0.5) is 17.1 Å². The summed E-state index contributed by atoms with van der Waals surface area (Å²) < 4.78 is 21.1. The molecule has 0 aliphatic carbocycles. The number of benzene rings is 2. The van der Waals surface area contributed by atoms with Crippen LogP contribution >= 0.6 is 0 Å². The van der Waals surface area contributed by atoms with Crippen molar-refractivity contribution < 1.29 is 28.7 Å². The highest BCUT2D eigenvalue weighted by Gasteiger charge is 2.06. The summed E-state index contributed by atoms with van der Waals surface area (Å²) in [4.78, 5) is 21.5. The molecule has 0 atom stereocenters. The molecule has 0 radical (unpaired) electrons. The lowest BCUT2D eigenvalue weighted by Crippen LogP contribution is -2.12. The van der Waals surface area contributed by atoms with Gasteiger partial charge >= 0.3 is 0 Å². The Labute approximate surface area is 173 Å². The van der Waals surface area contributed by atoms with Crippen LogP contribution in [-0.2, 0) is 14.2 Å². The fourth-order valence-corrected chi connectivity index (χ4v) is 2.25. The third kappa shape index (κ3) is 8.03. The number of hydrogen-bond acceptors (Lipinski definition) is 9. The third-order valence-corrected chi connectivity index (χ3v) is 3.75. The highest BCUT2D eigenvalue weighted by Crippen LogP contribution is 2.25. The Bertz CT molecular complexity index is 841. The standard InChI is InChI=1S/C20H23N3O7/c1-27-8-9-28-10-11-29-12-13-30-20-7-4-18(14-16(20)15-24)22-21-17-2-5-19(6-3-17)23(25)26/h2-7,14-15H,8-13H2,1H3. The molecule has 2 rings (SSSR count). The van der Waals surface area contributed by atoms with Crippen molar-refractivity contribution in [1.29, 1.82) is 0 Å². The molecule has 30 heavy (non-hydrogen) atoms. The Hall–Kier alpha value is -3.21. The molecule has 0 amide bonds. The summed E-state index contributed by atoms with van der Waals surface area (Å²) in [6.07, 6.45) is 0.671. The average molecular weight is 417 g/mol. The van der Waals surface area contributed by atoms with Gasteiger partial charge in [-0.25, -0.2) is 0 Å². The number of rotatable bonds is 14. The molecule has 2 aromatic carbocycles. The predicted molar refractivity (Wildman–Crippen MR) is 108 cm³/mol. The van der Waals surface area contributed by atoms with Crippen LogP contribution in [0.5, 0.6) is 5.75 Å². The molecule has 0 bridgehead atoms. The minimum Gasteiger partial charge on any atom is -0.490 e. The van der Waals surface area contributed by atoms with E-state index in [1.54, 1.807) is 25.3 Å². The summed E-state index contributed by atoms with van der Waals surface area (Å²) in [6, 6.07) is 10.5. The molecular weight excluding hydrogens is 394 g/mol. The molecule has 0 N–H and O–H groups in total. The van der Waals surface area contributed by atoms with E-state index in [0.29, 0.717) is 62.0 Å². The minimum absolute atomic E-state index is 0.0266. The van der Waals surface area contributed by atoms with Crippen LogP contribution in [0.1, 0.15) is 10.4 Å². The first-order valence-corrected chi connectivity index (χ1v) is 9.16. The minimum atomic E-state index is -0.488. The first-order chi connectivity index (χ1) is 14.6. The summed E-state index contributed by atoms with van der Waals surface area (Å²) in [6.45, 7) is 2.61. The molecule has 160 valence electrons. The van der Waals surface area contributed by atoms with Crippen molar-refractivity contribution in [3.05, 3.63) is 58.1 Å². The Morgan fingerprint density at radius 3 is 2.13 bits per heavy atom. The van der Waals surface area contributed by atoms with E-state index in [1.807, 2.05) is 0 Å². The van der Waals surface area contributed by atoms with E-state index in [9.17, 15) is 14.9 Å². The van der Waals surface area contributed by atoms with Crippen LogP contribution < -0.4 is 4.74 Å². The fraction of sp³-hybridized carbons (Fsp3) is 0.350. The van der Waals surface area contributed by atoms with Crippen LogP contribution in [0, 0.1) is 10.1 Å². The van der Waals surface area contributed by atoms with Crippen LogP contribution in [0.25, 0.3) is 0 Å². The second-order valence-electron chi connectivity index (χ2n) is 5.88. The fourth-order valence-electron chi connectivity index (χ4n) is 2.25. The smallest absolute Gasteiger partial charge is 0.269 e. The average Bonchev–Trinajstić information content (AvgIpc) is 2.77. The zero-order valence-corrected chi connectivity index (χ0v) is 16.6. The summed E-state index contributed by atoms with van der Waals surface area (Å²) >= 11 is 0. The van der Waals surface area contributed by atoms with Crippen molar-refractivity contribution in [1.82, 2.24) is 0 Å². The van der Waals surface area contributed by atoms with E-state index in [1.165, 1.54) is 24.3 Å². The largest absolute Gasteiger partial charge is 0.490 e. The van der Waals surface area contributed by atoms with Gasteiger partial charge in [0, 0.05) is 19.2 Å². The van der Waals surface area contributed by atoms with Crippen molar-refractivity contribution >= 4 is 23.3 Å². The Balaban J connectivity index is 1.81. The van der Waals surface area contributed by atoms with Crippen LogP contribution in [0.2, 0.25) is 0 Å². The molecule has 0 aliphatic rings. The molecule has 0 aliphatic heterocycles. The molecular formula is C20H23N3O7. The van der Waals surface area contributed by atoms with Gasteiger partial charge in [-0.15, -0.1) is 0 Å². The van der Waals surface area contributed by atoms with E-state index in [4.69, 9.17) is 18.9 Å². The number of non-ortho nitro benzene ring substituents is 1. The van der Waals surface area contributed by atoms with Gasteiger partial charge < -0.3 is 18.9 Å². The molecule has 0 spiro atoms. The second kappa shape index (κ2) is 13.1. The topological polar surface area (TPSA) is 122 Å². The number of carbonyl (C=O) groups excluding carboxylic acids is 1. The molecule has 0 fully saturated rings. The van der Waals surface area contributed by atoms with Gasteiger partial charge in [0.25, 0.3) is 5.69 Å². The van der Waals surface area contributed by atoms with Gasteiger partial charge in [-0.05, 0) is 30.3 Å². The normalized spacial score (nSPS) is 11.0. The van der Waals surface area contributed by atoms with Crippen LogP contribution in [-0.4, -0.2) is 58.0 Å². The van der Waals surface area contributed by atoms with Crippen molar-refractivity contribution in [2.75, 3.05) is 46.8 Å². The zero-order valence-electron chi connectivity index (χ0n) is 16.6. The summed E-state index contributed by atoms with van der Waals surface area (Å²) in [7, 11) is 1.61. The molecule has 0 heterocycles. The molecule has 10 heteroatoms. The van der Waals surface area contributed by atoms with E-state index in [2.05, 4.69) is 10.2 Å². The molecule has 0 saturated heterocycles. The van der Waals surface area contributed by atoms with Crippen molar-refractivity contribution in [3.8, 4) is 5.75 Å².